The fraction of sp³-hybridized carbons (Fsp3) is 0.250. The Balaban J connectivity index is 1.65. The number of tetrazole rings is 1. The van der Waals surface area contributed by atoms with E-state index in [1.165, 1.54) is 11.8 Å². The first-order chi connectivity index (χ1) is 11.6. The zero-order chi connectivity index (χ0) is 16.9. The van der Waals surface area contributed by atoms with Gasteiger partial charge < -0.3 is 5.32 Å². The first kappa shape index (κ1) is 16.7. The average molecular weight is 359 g/mol. The van der Waals surface area contributed by atoms with Crippen molar-refractivity contribution < 1.29 is 4.79 Å². The third-order valence-electron chi connectivity index (χ3n) is 3.36. The number of hydrogen-bond acceptors (Lipinski definition) is 6. The van der Waals surface area contributed by atoms with Gasteiger partial charge in [-0.15, -0.1) is 16.4 Å². The summed E-state index contributed by atoms with van der Waals surface area (Å²) in [4.78, 5) is 13.4. The number of aromatic nitrogens is 4. The van der Waals surface area contributed by atoms with Crippen molar-refractivity contribution in [2.24, 2.45) is 0 Å². The number of carbonyl (C=O) groups is 1. The number of nitrogens with one attached hydrogen (secondary N) is 1. The van der Waals surface area contributed by atoms with Gasteiger partial charge in [0.2, 0.25) is 11.1 Å². The number of thioether (sulfide) groups is 1. The summed E-state index contributed by atoms with van der Waals surface area (Å²) < 4.78 is 1.65. The first-order valence-corrected chi connectivity index (χ1v) is 9.21. The molecule has 0 spiro atoms. The molecule has 2 aromatic heterocycles. The van der Waals surface area contributed by atoms with Crippen LogP contribution in [0.15, 0.2) is 46.9 Å². The zero-order valence-electron chi connectivity index (χ0n) is 13.3. The molecule has 0 fully saturated rings. The lowest BCUT2D eigenvalue weighted by Gasteiger charge is -2.11. The Morgan fingerprint density at radius 2 is 2.25 bits per heavy atom. The van der Waals surface area contributed by atoms with Crippen LogP contribution in [0.1, 0.15) is 17.4 Å². The summed E-state index contributed by atoms with van der Waals surface area (Å²) in [7, 11) is 0. The maximum atomic E-state index is 12.3. The number of amides is 1. The molecule has 1 amide bonds. The van der Waals surface area contributed by atoms with E-state index in [0.717, 1.165) is 16.1 Å². The van der Waals surface area contributed by atoms with E-state index in [1.54, 1.807) is 16.0 Å². The van der Waals surface area contributed by atoms with Crippen molar-refractivity contribution in [1.82, 2.24) is 25.5 Å². The molecule has 1 unspecified atom stereocenters. The Labute approximate surface area is 148 Å². The Kier molecular flexibility index (Phi) is 5.27. The molecule has 1 N–H and O–H groups in total. The minimum atomic E-state index is -0.292. The van der Waals surface area contributed by atoms with Gasteiger partial charge in [0, 0.05) is 4.88 Å². The van der Waals surface area contributed by atoms with E-state index < -0.39 is 0 Å². The molecule has 1 atom stereocenters. The molecule has 124 valence electrons. The van der Waals surface area contributed by atoms with Gasteiger partial charge in [-0.25, -0.2) is 0 Å². The van der Waals surface area contributed by atoms with Crippen molar-refractivity contribution in [2.45, 2.75) is 30.8 Å². The molecule has 0 saturated carbocycles. The van der Waals surface area contributed by atoms with E-state index in [1.807, 2.05) is 55.6 Å². The van der Waals surface area contributed by atoms with Gasteiger partial charge in [0.25, 0.3) is 0 Å². The molecule has 6 nitrogen and oxygen atoms in total. The lowest BCUT2D eigenvalue weighted by molar-refractivity contribution is -0.120. The van der Waals surface area contributed by atoms with Crippen LogP contribution >= 0.6 is 23.1 Å². The molecule has 3 aromatic rings. The molecule has 0 aliphatic heterocycles. The van der Waals surface area contributed by atoms with E-state index >= 15 is 0 Å². The number of aryl methyl sites for hydroxylation is 1. The Morgan fingerprint density at radius 3 is 3.00 bits per heavy atom. The molecular formula is C16H17N5OS2. The number of hydrogen-bond donors (Lipinski definition) is 1. The second kappa shape index (κ2) is 7.59. The molecule has 8 heteroatoms. The Hall–Kier alpha value is -2.19. The second-order valence-electron chi connectivity index (χ2n) is 5.27. The number of carbonyl (C=O) groups excluding carboxylic acids is 1. The zero-order valence-corrected chi connectivity index (χ0v) is 15.0. The highest BCUT2D eigenvalue weighted by atomic mass is 32.2. The van der Waals surface area contributed by atoms with Gasteiger partial charge in [0.15, 0.2) is 0 Å². The van der Waals surface area contributed by atoms with Crippen LogP contribution in [-0.4, -0.2) is 31.4 Å². The smallest absolute Gasteiger partial charge is 0.233 e. The highest BCUT2D eigenvalue weighted by Gasteiger charge is 2.19. The molecule has 24 heavy (non-hydrogen) atoms. The van der Waals surface area contributed by atoms with Crippen LogP contribution in [0.2, 0.25) is 0 Å². The van der Waals surface area contributed by atoms with Crippen molar-refractivity contribution in [2.75, 3.05) is 0 Å². The number of nitrogens with zero attached hydrogens (tertiary/aromatic N) is 4. The van der Waals surface area contributed by atoms with Gasteiger partial charge in [-0.1, -0.05) is 30.0 Å². The summed E-state index contributed by atoms with van der Waals surface area (Å²) in [6.07, 6.45) is 0. The molecule has 0 saturated heterocycles. The lowest BCUT2D eigenvalue weighted by Crippen LogP contribution is -2.30. The van der Waals surface area contributed by atoms with Crippen LogP contribution in [0.5, 0.6) is 0 Å². The molecule has 0 aliphatic carbocycles. The van der Waals surface area contributed by atoms with Crippen LogP contribution in [0.25, 0.3) is 5.69 Å². The molecule has 1 aromatic carbocycles. The number of benzene rings is 1. The monoisotopic (exact) mass is 359 g/mol. The van der Waals surface area contributed by atoms with E-state index in [0.29, 0.717) is 11.7 Å². The topological polar surface area (TPSA) is 72.7 Å². The van der Waals surface area contributed by atoms with Crippen LogP contribution in [0, 0.1) is 6.92 Å². The van der Waals surface area contributed by atoms with E-state index in [2.05, 4.69) is 20.8 Å². The summed E-state index contributed by atoms with van der Waals surface area (Å²) in [5.74, 6) is -0.0350. The Morgan fingerprint density at radius 1 is 1.38 bits per heavy atom. The molecule has 2 heterocycles. The number of thiophene rings is 1. The maximum Gasteiger partial charge on any atom is 0.233 e. The van der Waals surface area contributed by atoms with Crippen LogP contribution in [0.3, 0.4) is 0 Å². The van der Waals surface area contributed by atoms with E-state index in [4.69, 9.17) is 0 Å². The number of rotatable bonds is 6. The Bertz CT molecular complexity index is 816. The van der Waals surface area contributed by atoms with Crippen molar-refractivity contribution in [1.29, 1.82) is 0 Å². The van der Waals surface area contributed by atoms with Gasteiger partial charge in [0.1, 0.15) is 0 Å². The highest BCUT2D eigenvalue weighted by Crippen LogP contribution is 2.23. The van der Waals surface area contributed by atoms with Gasteiger partial charge in [-0.3, -0.25) is 4.79 Å². The average Bonchev–Trinajstić information content (AvgIpc) is 3.24. The third kappa shape index (κ3) is 4.01. The second-order valence-corrected chi connectivity index (χ2v) is 7.61. The fourth-order valence-electron chi connectivity index (χ4n) is 2.12. The quantitative estimate of drug-likeness (QED) is 0.685. The predicted molar refractivity (Wildman–Crippen MR) is 95.4 cm³/mol. The molecular weight excluding hydrogens is 342 g/mol. The minimum Gasteiger partial charge on any atom is -0.350 e. The molecule has 3 rings (SSSR count). The molecule has 0 radical (unpaired) electrons. The summed E-state index contributed by atoms with van der Waals surface area (Å²) >= 11 is 2.97. The maximum absolute atomic E-state index is 12.3. The van der Waals surface area contributed by atoms with Crippen LogP contribution in [-0.2, 0) is 11.3 Å². The third-order valence-corrected chi connectivity index (χ3v) is 5.26. The minimum absolute atomic E-state index is 0.0350. The van der Waals surface area contributed by atoms with E-state index in [9.17, 15) is 4.79 Å². The van der Waals surface area contributed by atoms with Crippen molar-refractivity contribution >= 4 is 29.0 Å². The van der Waals surface area contributed by atoms with Gasteiger partial charge >= 0.3 is 0 Å². The SMILES string of the molecule is Cc1cccc(-n2nnnc2SC(C)C(=O)NCc2cccs2)c1. The van der Waals surface area contributed by atoms with Crippen LogP contribution in [0.4, 0.5) is 0 Å². The van der Waals surface area contributed by atoms with Crippen LogP contribution < -0.4 is 5.32 Å². The largest absolute Gasteiger partial charge is 0.350 e. The van der Waals surface area contributed by atoms with Crippen molar-refractivity contribution in [3.8, 4) is 5.69 Å². The lowest BCUT2D eigenvalue weighted by atomic mass is 10.2. The summed E-state index contributed by atoms with van der Waals surface area (Å²) in [5.41, 5.74) is 2.01. The summed E-state index contributed by atoms with van der Waals surface area (Å²) in [5, 5.41) is 17.1. The molecule has 0 bridgehead atoms. The standard InChI is InChI=1S/C16H17N5OS2/c1-11-5-3-6-13(9-11)21-16(18-19-20-21)24-12(2)15(22)17-10-14-7-4-8-23-14/h3-9,12H,10H2,1-2H3,(H,17,22). The summed E-state index contributed by atoms with van der Waals surface area (Å²) in [6.45, 7) is 4.41. The first-order valence-electron chi connectivity index (χ1n) is 7.45. The highest BCUT2D eigenvalue weighted by molar-refractivity contribution is 8.00. The molecule has 0 aliphatic rings. The van der Waals surface area contributed by atoms with E-state index in [-0.39, 0.29) is 11.2 Å². The fourth-order valence-corrected chi connectivity index (χ4v) is 3.59. The van der Waals surface area contributed by atoms with Crippen molar-refractivity contribution in [3.63, 3.8) is 0 Å². The van der Waals surface area contributed by atoms with Gasteiger partial charge in [-0.2, -0.15) is 4.68 Å². The normalized spacial score (nSPS) is 12.1. The summed E-state index contributed by atoms with van der Waals surface area (Å²) in [6, 6.07) is 11.9. The van der Waals surface area contributed by atoms with Crippen molar-refractivity contribution in [3.05, 3.63) is 52.2 Å². The van der Waals surface area contributed by atoms with Gasteiger partial charge in [0.05, 0.1) is 17.5 Å². The van der Waals surface area contributed by atoms with Gasteiger partial charge in [-0.05, 0) is 53.4 Å². The predicted octanol–water partition coefficient (Wildman–Crippen LogP) is 2.83.